The summed E-state index contributed by atoms with van der Waals surface area (Å²) in [4.78, 5) is 29.2. The quantitative estimate of drug-likeness (QED) is 0.303. The zero-order chi connectivity index (χ0) is 26.3. The molecule has 0 unspecified atom stereocenters. The Morgan fingerprint density at radius 2 is 1.81 bits per heavy atom. The minimum atomic E-state index is -4.55. The number of fused-ring (bicyclic) bond motifs is 2. The highest BCUT2D eigenvalue weighted by molar-refractivity contribution is 6.31. The van der Waals surface area contributed by atoms with Crippen LogP contribution < -0.4 is 20.1 Å². The summed E-state index contributed by atoms with van der Waals surface area (Å²) in [7, 11) is 2.94. The number of pyridine rings is 1. The third kappa shape index (κ3) is 5.08. The largest absolute Gasteiger partial charge is 0.493 e. The predicted molar refractivity (Wildman–Crippen MR) is 134 cm³/mol. The normalized spacial score (nSPS) is 12.1. The van der Waals surface area contributed by atoms with Crippen molar-refractivity contribution in [2.45, 2.75) is 25.6 Å². The fourth-order valence-electron chi connectivity index (χ4n) is 3.59. The van der Waals surface area contributed by atoms with Gasteiger partial charge in [0.2, 0.25) is 5.91 Å². The van der Waals surface area contributed by atoms with Gasteiger partial charge in [-0.3, -0.25) is 4.79 Å². The van der Waals surface area contributed by atoms with Crippen LogP contribution in [0.3, 0.4) is 0 Å². The molecule has 13 heteroatoms. The van der Waals surface area contributed by atoms with Gasteiger partial charge in [0.1, 0.15) is 23.5 Å². The second-order valence-electron chi connectivity index (χ2n) is 8.42. The fraction of sp³-hybridized carbons (Fsp3) is 0.304. The van der Waals surface area contributed by atoms with Gasteiger partial charge in [-0.05, 0) is 26.0 Å². The Morgan fingerprint density at radius 3 is 2.47 bits per heavy atom. The fourth-order valence-corrected chi connectivity index (χ4v) is 3.75. The van der Waals surface area contributed by atoms with Gasteiger partial charge in [-0.1, -0.05) is 11.6 Å². The molecule has 3 N–H and O–H groups in total. The van der Waals surface area contributed by atoms with E-state index in [9.17, 15) is 18.0 Å². The van der Waals surface area contributed by atoms with Crippen LogP contribution in [0.2, 0.25) is 5.02 Å². The van der Waals surface area contributed by atoms with Crippen molar-refractivity contribution < 1.29 is 30.3 Å². The molecule has 4 aromatic rings. The molecule has 1 aromatic carbocycles. The first-order valence-corrected chi connectivity index (χ1v) is 11.0. The van der Waals surface area contributed by atoms with Gasteiger partial charge in [-0.15, -0.1) is 0 Å². The number of rotatable bonds is 7. The van der Waals surface area contributed by atoms with Gasteiger partial charge in [0.25, 0.3) is 0 Å². The molecule has 194 valence electrons. The molecule has 36 heavy (non-hydrogen) atoms. The summed E-state index contributed by atoms with van der Waals surface area (Å²) in [6.45, 7) is 1.44. The van der Waals surface area contributed by atoms with Crippen LogP contribution in [0.1, 0.15) is 16.7 Å². The zero-order valence-electron chi connectivity index (χ0n) is 19.7. The number of hydrogen-bond donors (Lipinski definition) is 3. The van der Waals surface area contributed by atoms with Crippen molar-refractivity contribution in [3.63, 3.8) is 0 Å². The van der Waals surface area contributed by atoms with E-state index in [4.69, 9.17) is 21.1 Å². The lowest BCUT2D eigenvalue weighted by molar-refractivity contribution is -0.140. The number of halogens is 4. The molecule has 0 aliphatic heterocycles. The van der Waals surface area contributed by atoms with E-state index in [0.29, 0.717) is 44.0 Å². The molecule has 9 nitrogen and oxygen atoms in total. The van der Waals surface area contributed by atoms with E-state index < -0.39 is 24.2 Å². The van der Waals surface area contributed by atoms with E-state index >= 15 is 0 Å². The molecule has 0 radical (unpaired) electrons. The molecule has 0 aliphatic carbocycles. The molecule has 0 saturated heterocycles. The number of hydrogen-bond acceptors (Lipinski definition) is 7. The van der Waals surface area contributed by atoms with Crippen LogP contribution >= 0.6 is 11.6 Å². The van der Waals surface area contributed by atoms with Gasteiger partial charge in [0.15, 0.2) is 17.3 Å². The number of benzene rings is 1. The van der Waals surface area contributed by atoms with Gasteiger partial charge in [-0.2, -0.15) is 13.2 Å². The van der Waals surface area contributed by atoms with Crippen LogP contribution in [-0.2, 0) is 4.79 Å². The minimum Gasteiger partial charge on any atom is -0.493 e. The van der Waals surface area contributed by atoms with E-state index in [2.05, 4.69) is 25.3 Å². The van der Waals surface area contributed by atoms with Crippen molar-refractivity contribution in [1.82, 2.24) is 25.3 Å². The number of H-pyrrole nitrogens is 1. The van der Waals surface area contributed by atoms with E-state index in [1.165, 1.54) is 34.3 Å². The number of alkyl halides is 3. The lowest BCUT2D eigenvalue weighted by Gasteiger charge is -2.27. The maximum Gasteiger partial charge on any atom is 0.405 e. The van der Waals surface area contributed by atoms with Gasteiger partial charge in [0, 0.05) is 37.6 Å². The minimum absolute atomic E-state index is 0. The maximum absolute atomic E-state index is 12.7. The van der Waals surface area contributed by atoms with Gasteiger partial charge in [-0.25, -0.2) is 15.0 Å². The Hall–Kier alpha value is -3.80. The Morgan fingerprint density at radius 1 is 1.11 bits per heavy atom. The number of aromatic nitrogens is 4. The van der Waals surface area contributed by atoms with Gasteiger partial charge in [0.05, 0.1) is 24.8 Å². The Kier molecular flexibility index (Phi) is 6.56. The summed E-state index contributed by atoms with van der Waals surface area (Å²) in [5, 5.41) is 6.41. The number of amides is 1. The average molecular weight is 527 g/mol. The van der Waals surface area contributed by atoms with Crippen molar-refractivity contribution in [3.05, 3.63) is 35.6 Å². The molecule has 3 aromatic heterocycles. The van der Waals surface area contributed by atoms with Gasteiger partial charge < -0.3 is 25.1 Å². The Labute approximate surface area is 211 Å². The number of carbonyl (C=O) groups excluding carboxylic acids is 1. The number of nitrogens with zero attached hydrogens (tertiary/aromatic N) is 3. The summed E-state index contributed by atoms with van der Waals surface area (Å²) in [5.74, 6) is 0.390. The van der Waals surface area contributed by atoms with Crippen molar-refractivity contribution in [2.24, 2.45) is 0 Å². The molecule has 1 amide bonds. The smallest absolute Gasteiger partial charge is 0.405 e. The number of aromatic amines is 1. The van der Waals surface area contributed by atoms with E-state index in [1.54, 1.807) is 24.4 Å². The molecular formula is C23H26ClF3N6O3. The molecule has 0 atom stereocenters. The molecule has 4 rings (SSSR count). The first-order valence-electron chi connectivity index (χ1n) is 10.6. The molecule has 0 spiro atoms. The Bertz CT molecular complexity index is 1470. The van der Waals surface area contributed by atoms with Crippen molar-refractivity contribution in [1.29, 1.82) is 0 Å². The van der Waals surface area contributed by atoms with Crippen molar-refractivity contribution in [3.8, 4) is 22.9 Å². The van der Waals surface area contributed by atoms with Crippen LogP contribution in [0, 0.1) is 0 Å². The van der Waals surface area contributed by atoms with Crippen molar-refractivity contribution >= 4 is 45.3 Å². The average Bonchev–Trinajstić information content (AvgIpc) is 3.23. The Balaban J connectivity index is 0.00000253. The zero-order valence-corrected chi connectivity index (χ0v) is 20.4. The van der Waals surface area contributed by atoms with Crippen LogP contribution in [0.5, 0.6) is 11.5 Å². The molecular weight excluding hydrogens is 501 g/mol. The maximum atomic E-state index is 12.7. The highest BCUT2D eigenvalue weighted by Crippen LogP contribution is 2.37. The summed E-state index contributed by atoms with van der Waals surface area (Å²) < 4.78 is 48.8. The van der Waals surface area contributed by atoms with Gasteiger partial charge >= 0.3 is 6.18 Å². The van der Waals surface area contributed by atoms with Crippen LogP contribution in [0.25, 0.3) is 33.3 Å². The molecule has 0 bridgehead atoms. The molecule has 0 fully saturated rings. The lowest BCUT2D eigenvalue weighted by Crippen LogP contribution is -2.50. The first-order chi connectivity index (χ1) is 16.9. The third-order valence-electron chi connectivity index (χ3n) is 5.39. The second kappa shape index (κ2) is 9.34. The van der Waals surface area contributed by atoms with Crippen LogP contribution in [0.15, 0.2) is 30.6 Å². The van der Waals surface area contributed by atoms with E-state index in [0.717, 1.165) is 0 Å². The van der Waals surface area contributed by atoms with E-state index in [-0.39, 0.29) is 14.5 Å². The SMILES string of the molecule is COc1cc2nc(-c3c[nH]c4ncc(Cl)cc34)nc(NC(C)(C)C(=O)NCC(F)(F)F)c2cc1OC.[HH].[HH]. The summed E-state index contributed by atoms with van der Waals surface area (Å²) in [6.07, 6.45) is -1.38. The first kappa shape index (κ1) is 25.3. The summed E-state index contributed by atoms with van der Waals surface area (Å²) in [5.41, 5.74) is 0.115. The number of ether oxygens (including phenoxy) is 2. The standard InChI is InChI=1S/C23H22ClF3N6O3.2H2/c1-22(2,21(34)30-10-23(25,26)27)33-20-13-6-16(35-3)17(36-4)7-15(13)31-19(32-20)14-9-29-18-12(14)5-11(24)8-28-18;;/h5-9H,10H2,1-4H3,(H,28,29)(H,30,34)(H,31,32,33);2*1H. The van der Waals surface area contributed by atoms with Crippen molar-refractivity contribution in [2.75, 3.05) is 26.1 Å². The topological polar surface area (TPSA) is 114 Å². The highest BCUT2D eigenvalue weighted by atomic mass is 35.5. The highest BCUT2D eigenvalue weighted by Gasteiger charge is 2.34. The molecule has 0 aliphatic rings. The summed E-state index contributed by atoms with van der Waals surface area (Å²) in [6, 6.07) is 4.97. The second-order valence-corrected chi connectivity index (χ2v) is 8.86. The molecule has 0 saturated carbocycles. The van der Waals surface area contributed by atoms with E-state index in [1.807, 2.05) is 5.32 Å². The summed E-state index contributed by atoms with van der Waals surface area (Å²) >= 11 is 6.13. The number of carbonyl (C=O) groups is 1. The molecule has 3 heterocycles. The number of anilines is 1. The van der Waals surface area contributed by atoms with Crippen LogP contribution in [-0.4, -0.2) is 58.3 Å². The monoisotopic (exact) mass is 526 g/mol. The predicted octanol–water partition coefficient (Wildman–Crippen LogP) is 5.20. The number of methoxy groups -OCH3 is 2. The third-order valence-corrected chi connectivity index (χ3v) is 5.59. The van der Waals surface area contributed by atoms with Crippen LogP contribution in [0.4, 0.5) is 19.0 Å². The number of nitrogens with one attached hydrogen (secondary N) is 3. The lowest BCUT2D eigenvalue weighted by atomic mass is 10.0.